The molecule has 1 fully saturated rings. The van der Waals surface area contributed by atoms with Crippen molar-refractivity contribution in [3.8, 4) is 0 Å². The molecule has 2 N–H and O–H groups in total. The largest absolute Gasteiger partial charge is 0.462 e. The van der Waals surface area contributed by atoms with Gasteiger partial charge in [-0.05, 0) is 39.0 Å². The summed E-state index contributed by atoms with van der Waals surface area (Å²) in [5, 5.41) is 6.43. The summed E-state index contributed by atoms with van der Waals surface area (Å²) in [6.07, 6.45) is 7.41. The Balaban J connectivity index is 0.00000392. The third kappa shape index (κ3) is 8.79. The van der Waals surface area contributed by atoms with Gasteiger partial charge in [-0.1, -0.05) is 20.8 Å². The first-order chi connectivity index (χ1) is 12.9. The molecule has 1 heterocycles. The van der Waals surface area contributed by atoms with Gasteiger partial charge in [0, 0.05) is 24.9 Å². The van der Waals surface area contributed by atoms with E-state index in [0.717, 1.165) is 25.1 Å². The van der Waals surface area contributed by atoms with Crippen molar-refractivity contribution >= 4 is 35.9 Å². The van der Waals surface area contributed by atoms with Crippen molar-refractivity contribution < 1.29 is 13.9 Å². The van der Waals surface area contributed by atoms with Crippen molar-refractivity contribution in [2.75, 3.05) is 13.1 Å². The molecule has 28 heavy (non-hydrogen) atoms. The fraction of sp³-hybridized carbons (Fsp3) is 0.750. The monoisotopic (exact) mass is 506 g/mol. The zero-order valence-electron chi connectivity index (χ0n) is 17.5. The molecule has 0 amide bonds. The number of aliphatic imine (C=N–C) groups is 1. The van der Waals surface area contributed by atoms with Crippen LogP contribution >= 0.6 is 24.0 Å². The van der Waals surface area contributed by atoms with Crippen molar-refractivity contribution in [3.63, 3.8) is 0 Å². The number of nitrogens with one attached hydrogen (secondary N) is 2. The first kappa shape index (κ1) is 24.7. The smallest absolute Gasteiger partial charge is 0.306 e. The van der Waals surface area contributed by atoms with Crippen LogP contribution in [-0.2, 0) is 21.5 Å². The number of nitrogens with zero attached hydrogens (tertiary/aromatic N) is 2. The van der Waals surface area contributed by atoms with Crippen LogP contribution in [0.5, 0.6) is 0 Å². The van der Waals surface area contributed by atoms with Gasteiger partial charge in [0.25, 0.3) is 0 Å². The number of carbonyl (C=O) groups is 1. The average Bonchev–Trinajstić information content (AvgIpc) is 3.27. The maximum atomic E-state index is 11.8. The molecule has 7 nitrogen and oxygen atoms in total. The van der Waals surface area contributed by atoms with Crippen LogP contribution in [0, 0.1) is 0 Å². The summed E-state index contributed by atoms with van der Waals surface area (Å²) in [6.45, 7) is 10.1. The zero-order valence-corrected chi connectivity index (χ0v) is 19.9. The summed E-state index contributed by atoms with van der Waals surface area (Å²) >= 11 is 0. The molecule has 0 atom stereocenters. The molecule has 0 radical (unpaired) electrons. The summed E-state index contributed by atoms with van der Waals surface area (Å²) in [6, 6.07) is 0. The average molecular weight is 506 g/mol. The molecular weight excluding hydrogens is 471 g/mol. The van der Waals surface area contributed by atoms with Crippen LogP contribution < -0.4 is 10.6 Å². The maximum absolute atomic E-state index is 11.8. The Morgan fingerprint density at radius 1 is 1.32 bits per heavy atom. The van der Waals surface area contributed by atoms with Crippen LogP contribution in [0.2, 0.25) is 0 Å². The maximum Gasteiger partial charge on any atom is 0.306 e. The van der Waals surface area contributed by atoms with Gasteiger partial charge in [-0.2, -0.15) is 0 Å². The van der Waals surface area contributed by atoms with E-state index in [1.165, 1.54) is 12.8 Å². The lowest BCUT2D eigenvalue weighted by atomic mass is 9.94. The highest BCUT2D eigenvalue weighted by atomic mass is 127. The van der Waals surface area contributed by atoms with Crippen molar-refractivity contribution in [1.82, 2.24) is 15.6 Å². The number of halogens is 1. The van der Waals surface area contributed by atoms with E-state index in [0.29, 0.717) is 37.8 Å². The van der Waals surface area contributed by atoms with E-state index in [2.05, 4.69) is 41.4 Å². The summed E-state index contributed by atoms with van der Waals surface area (Å²) in [5.41, 5.74) is -0.0647. The van der Waals surface area contributed by atoms with Crippen molar-refractivity contribution in [2.24, 2.45) is 4.99 Å². The first-order valence-corrected chi connectivity index (χ1v) is 10.1. The third-order valence-corrected chi connectivity index (χ3v) is 4.46. The number of guanidine groups is 1. The van der Waals surface area contributed by atoms with Crippen molar-refractivity contribution in [2.45, 2.75) is 84.3 Å². The van der Waals surface area contributed by atoms with Crippen molar-refractivity contribution in [1.29, 1.82) is 0 Å². The molecule has 0 spiro atoms. The molecule has 0 saturated heterocycles. The van der Waals surface area contributed by atoms with Gasteiger partial charge in [-0.15, -0.1) is 24.0 Å². The Kier molecular flexibility index (Phi) is 10.8. The fourth-order valence-corrected chi connectivity index (χ4v) is 2.91. The second-order valence-corrected chi connectivity index (χ2v) is 7.99. The first-order valence-electron chi connectivity index (χ1n) is 10.1. The minimum Gasteiger partial charge on any atom is -0.462 e. The van der Waals surface area contributed by atoms with Crippen LogP contribution in [0.1, 0.15) is 77.9 Å². The molecule has 0 aromatic carbocycles. The fourth-order valence-electron chi connectivity index (χ4n) is 2.91. The van der Waals surface area contributed by atoms with E-state index >= 15 is 0 Å². The Hall–Kier alpha value is -1.32. The van der Waals surface area contributed by atoms with Crippen LogP contribution in [0.3, 0.4) is 0 Å². The number of hydrogen-bond acceptors (Lipinski definition) is 5. The summed E-state index contributed by atoms with van der Waals surface area (Å²) in [7, 11) is 0. The van der Waals surface area contributed by atoms with Gasteiger partial charge in [-0.3, -0.25) is 4.79 Å². The second kappa shape index (κ2) is 12.3. The number of carbonyl (C=O) groups excluding carboxylic acids is 1. The van der Waals surface area contributed by atoms with E-state index in [1.807, 2.05) is 6.92 Å². The molecule has 0 bridgehead atoms. The summed E-state index contributed by atoms with van der Waals surface area (Å²) < 4.78 is 11.2. The lowest BCUT2D eigenvalue weighted by Gasteiger charge is -2.13. The lowest BCUT2D eigenvalue weighted by molar-refractivity contribution is -0.148. The molecule has 2 rings (SSSR count). The lowest BCUT2D eigenvalue weighted by Crippen LogP contribution is -2.38. The topological polar surface area (TPSA) is 88.8 Å². The number of oxazole rings is 1. The molecule has 1 aliphatic rings. The van der Waals surface area contributed by atoms with Crippen LogP contribution in [0.25, 0.3) is 0 Å². The molecule has 8 heteroatoms. The van der Waals surface area contributed by atoms with Gasteiger partial charge in [0.05, 0.1) is 6.20 Å². The Morgan fingerprint density at radius 3 is 2.64 bits per heavy atom. The van der Waals surface area contributed by atoms with Gasteiger partial charge >= 0.3 is 5.97 Å². The quantitative estimate of drug-likeness (QED) is 0.183. The van der Waals surface area contributed by atoms with Gasteiger partial charge in [0.1, 0.15) is 18.4 Å². The van der Waals surface area contributed by atoms with Gasteiger partial charge < -0.3 is 19.8 Å². The molecule has 1 saturated carbocycles. The highest BCUT2D eigenvalue weighted by molar-refractivity contribution is 14.0. The SMILES string of the molecule is CCNC(=NCc1ncc(C(C)(C)C)o1)NCCCC(=O)OC1CCCC1.I. The Bertz CT molecular complexity index is 619. The molecule has 0 unspecified atom stereocenters. The summed E-state index contributed by atoms with van der Waals surface area (Å²) in [5.74, 6) is 2.04. The normalized spacial score (nSPS) is 15.2. The molecule has 1 aliphatic carbocycles. The molecule has 1 aromatic rings. The minimum atomic E-state index is -0.0971. The van der Waals surface area contributed by atoms with Crippen LogP contribution in [-0.4, -0.2) is 36.1 Å². The van der Waals surface area contributed by atoms with E-state index in [1.54, 1.807) is 6.20 Å². The predicted octanol–water partition coefficient (Wildman–Crippen LogP) is 3.91. The molecule has 160 valence electrons. The highest BCUT2D eigenvalue weighted by Gasteiger charge is 2.19. The van der Waals surface area contributed by atoms with Gasteiger partial charge in [0.15, 0.2) is 5.96 Å². The number of rotatable bonds is 8. The molecule has 0 aliphatic heterocycles. The number of hydrogen-bond donors (Lipinski definition) is 2. The van der Waals surface area contributed by atoms with Gasteiger partial charge in [0.2, 0.25) is 5.89 Å². The third-order valence-electron chi connectivity index (χ3n) is 4.46. The number of ether oxygens (including phenoxy) is 1. The number of esters is 1. The standard InChI is InChI=1S/C20H34N4O3.HI/c1-5-21-19(24-14-17-23-13-16(27-17)20(2,3)4)22-12-8-11-18(25)26-15-9-6-7-10-15;/h13,15H,5-12,14H2,1-4H3,(H2,21,22,24);1H. The molecule has 1 aromatic heterocycles. The van der Waals surface area contributed by atoms with E-state index < -0.39 is 0 Å². The Labute approximate surface area is 185 Å². The summed E-state index contributed by atoms with van der Waals surface area (Å²) in [4.78, 5) is 20.6. The van der Waals surface area contributed by atoms with Crippen LogP contribution in [0.4, 0.5) is 0 Å². The van der Waals surface area contributed by atoms with Crippen molar-refractivity contribution in [3.05, 3.63) is 17.8 Å². The minimum absolute atomic E-state index is 0. The molecular formula is C20H35IN4O3. The second-order valence-electron chi connectivity index (χ2n) is 7.99. The highest BCUT2D eigenvalue weighted by Crippen LogP contribution is 2.23. The van der Waals surface area contributed by atoms with E-state index in [4.69, 9.17) is 9.15 Å². The van der Waals surface area contributed by atoms with E-state index in [-0.39, 0.29) is 41.5 Å². The Morgan fingerprint density at radius 2 is 2.04 bits per heavy atom. The number of aromatic nitrogens is 1. The van der Waals surface area contributed by atoms with Crippen LogP contribution in [0.15, 0.2) is 15.6 Å². The van der Waals surface area contributed by atoms with Gasteiger partial charge in [-0.25, -0.2) is 9.98 Å². The zero-order chi connectivity index (χ0) is 19.7. The predicted molar refractivity (Wildman–Crippen MR) is 121 cm³/mol. The van der Waals surface area contributed by atoms with E-state index in [9.17, 15) is 4.79 Å².